The summed E-state index contributed by atoms with van der Waals surface area (Å²) in [5, 5.41) is 0. The van der Waals surface area contributed by atoms with Crippen molar-refractivity contribution in [2.45, 2.75) is 0 Å². The Hall–Kier alpha value is -1.76. The number of fused-ring (bicyclic) bond motifs is 1. The first-order chi connectivity index (χ1) is 6.20. The number of nitrogen functional groups attached to an aromatic ring is 1. The number of nitrogens with one attached hydrogen (secondary N) is 1. The Bertz CT molecular complexity index is 571. The highest BCUT2D eigenvalue weighted by atomic mass is 32.1. The van der Waals surface area contributed by atoms with Crippen LogP contribution in [0, 0.1) is 4.77 Å². The molecule has 0 radical (unpaired) electrons. The summed E-state index contributed by atoms with van der Waals surface area (Å²) in [6, 6.07) is 0. The highest BCUT2D eigenvalue weighted by Gasteiger charge is 2.03. The third kappa shape index (κ3) is 1.09. The molecule has 0 bridgehead atoms. The lowest BCUT2D eigenvalue weighted by molar-refractivity contribution is 0.880. The molecule has 0 fully saturated rings. The summed E-state index contributed by atoms with van der Waals surface area (Å²) in [7, 11) is 0. The maximum Gasteiger partial charge on any atom is 0.300 e. The van der Waals surface area contributed by atoms with E-state index in [0.717, 1.165) is 4.68 Å². The maximum absolute atomic E-state index is 11.4. The summed E-state index contributed by atoms with van der Waals surface area (Å²) in [5.74, 6) is 5.35. The minimum atomic E-state index is -0.452. The summed E-state index contributed by atoms with van der Waals surface area (Å²) in [6.07, 6.45) is 2.88. The van der Waals surface area contributed by atoms with Crippen molar-refractivity contribution < 1.29 is 0 Å². The van der Waals surface area contributed by atoms with E-state index >= 15 is 0 Å². The fourth-order valence-corrected chi connectivity index (χ4v) is 1.13. The standard InChI is InChI=1S/C6H5N5OS/c7-11-5(12)3-4(10-6(11)13)9-2-1-8-3/h1-2H,7H2,(H,9,10,13). The highest BCUT2D eigenvalue weighted by Crippen LogP contribution is 1.96. The molecule has 0 amide bonds. The van der Waals surface area contributed by atoms with Crippen LogP contribution in [0.15, 0.2) is 17.2 Å². The average molecular weight is 195 g/mol. The van der Waals surface area contributed by atoms with Gasteiger partial charge in [0.15, 0.2) is 11.2 Å². The van der Waals surface area contributed by atoms with E-state index in [1.54, 1.807) is 0 Å². The van der Waals surface area contributed by atoms with Crippen molar-refractivity contribution in [3.63, 3.8) is 0 Å². The Morgan fingerprint density at radius 3 is 2.92 bits per heavy atom. The first-order valence-corrected chi connectivity index (χ1v) is 3.82. The third-order valence-corrected chi connectivity index (χ3v) is 1.86. The molecule has 2 aromatic rings. The molecule has 2 heterocycles. The zero-order valence-corrected chi connectivity index (χ0v) is 7.21. The fraction of sp³-hybridized carbons (Fsp3) is 0. The number of rotatable bonds is 0. The number of nitrogens with zero attached hydrogens (tertiary/aromatic N) is 3. The van der Waals surface area contributed by atoms with Crippen LogP contribution in [-0.4, -0.2) is 19.6 Å². The minimum absolute atomic E-state index is 0.123. The van der Waals surface area contributed by atoms with Gasteiger partial charge in [-0.2, -0.15) is 4.68 Å². The SMILES string of the molecule is Nn1c(=S)[nH]c2nccnc2c1=O. The van der Waals surface area contributed by atoms with Gasteiger partial charge in [-0.25, -0.2) is 9.97 Å². The van der Waals surface area contributed by atoms with Crippen LogP contribution < -0.4 is 11.4 Å². The first kappa shape index (κ1) is 7.87. The molecule has 2 rings (SSSR count). The number of nitrogens with two attached hydrogens (primary N) is 1. The second kappa shape index (κ2) is 2.63. The van der Waals surface area contributed by atoms with E-state index in [9.17, 15) is 4.79 Å². The van der Waals surface area contributed by atoms with Gasteiger partial charge in [0.05, 0.1) is 0 Å². The second-order valence-electron chi connectivity index (χ2n) is 2.36. The summed E-state index contributed by atoms with van der Waals surface area (Å²) in [4.78, 5) is 21.8. The van der Waals surface area contributed by atoms with Crippen LogP contribution in [0.2, 0.25) is 0 Å². The molecule has 0 saturated heterocycles. The lowest BCUT2D eigenvalue weighted by Gasteiger charge is -1.98. The molecular weight excluding hydrogens is 190 g/mol. The number of aromatic nitrogens is 4. The molecule has 0 saturated carbocycles. The molecule has 0 aromatic carbocycles. The number of H-pyrrole nitrogens is 1. The van der Waals surface area contributed by atoms with Crippen LogP contribution in [0.3, 0.4) is 0 Å². The van der Waals surface area contributed by atoms with E-state index < -0.39 is 5.56 Å². The Morgan fingerprint density at radius 2 is 2.15 bits per heavy atom. The molecule has 0 atom stereocenters. The van der Waals surface area contributed by atoms with Crippen LogP contribution >= 0.6 is 12.2 Å². The molecule has 6 nitrogen and oxygen atoms in total. The molecule has 0 aliphatic heterocycles. The van der Waals surface area contributed by atoms with Gasteiger partial charge in [-0.05, 0) is 12.2 Å². The highest BCUT2D eigenvalue weighted by molar-refractivity contribution is 7.71. The van der Waals surface area contributed by atoms with Crippen molar-refractivity contribution in [1.82, 2.24) is 19.6 Å². The maximum atomic E-state index is 11.4. The van der Waals surface area contributed by atoms with Crippen LogP contribution in [0.1, 0.15) is 0 Å². The summed E-state index contributed by atoms with van der Waals surface area (Å²) < 4.78 is 0.949. The van der Waals surface area contributed by atoms with Crippen molar-refractivity contribution in [2.24, 2.45) is 0 Å². The van der Waals surface area contributed by atoms with Crippen LogP contribution in [-0.2, 0) is 0 Å². The van der Waals surface area contributed by atoms with Gasteiger partial charge in [0.2, 0.25) is 4.77 Å². The Balaban J connectivity index is 3.12. The van der Waals surface area contributed by atoms with E-state index in [2.05, 4.69) is 15.0 Å². The lowest BCUT2D eigenvalue weighted by atomic mass is 10.5. The van der Waals surface area contributed by atoms with Gasteiger partial charge in [-0.3, -0.25) is 4.79 Å². The molecule has 2 aromatic heterocycles. The number of hydrogen-bond acceptors (Lipinski definition) is 5. The van der Waals surface area contributed by atoms with Gasteiger partial charge >= 0.3 is 5.56 Å². The van der Waals surface area contributed by atoms with Gasteiger partial charge in [0, 0.05) is 12.4 Å². The van der Waals surface area contributed by atoms with E-state index in [0.29, 0.717) is 5.65 Å². The molecule has 0 unspecified atom stereocenters. The minimum Gasteiger partial charge on any atom is -0.334 e. The monoisotopic (exact) mass is 195 g/mol. The van der Waals surface area contributed by atoms with Crippen LogP contribution in [0.5, 0.6) is 0 Å². The van der Waals surface area contributed by atoms with Gasteiger partial charge in [-0.15, -0.1) is 0 Å². The predicted octanol–water partition coefficient (Wildman–Crippen LogP) is -0.437. The average Bonchev–Trinajstić information content (AvgIpc) is 2.15. The van der Waals surface area contributed by atoms with Crippen molar-refractivity contribution in [3.05, 3.63) is 27.5 Å². The van der Waals surface area contributed by atoms with E-state index in [4.69, 9.17) is 18.1 Å². The Morgan fingerprint density at radius 1 is 1.46 bits per heavy atom. The van der Waals surface area contributed by atoms with Gasteiger partial charge < -0.3 is 10.8 Å². The summed E-state index contributed by atoms with van der Waals surface area (Å²) in [5.41, 5.74) is 0.0738. The zero-order chi connectivity index (χ0) is 9.42. The normalized spacial score (nSPS) is 10.5. The van der Waals surface area contributed by atoms with E-state index in [1.807, 2.05) is 0 Å². The quantitative estimate of drug-likeness (QED) is 0.439. The van der Waals surface area contributed by atoms with Crippen molar-refractivity contribution in [3.8, 4) is 0 Å². The van der Waals surface area contributed by atoms with E-state index in [-0.39, 0.29) is 10.3 Å². The van der Waals surface area contributed by atoms with Gasteiger partial charge in [0.25, 0.3) is 0 Å². The number of aromatic amines is 1. The van der Waals surface area contributed by atoms with E-state index in [1.165, 1.54) is 12.4 Å². The lowest BCUT2D eigenvalue weighted by Crippen LogP contribution is -2.29. The summed E-state index contributed by atoms with van der Waals surface area (Å²) in [6.45, 7) is 0. The number of hydrogen-bond donors (Lipinski definition) is 2. The van der Waals surface area contributed by atoms with Crippen molar-refractivity contribution in [2.75, 3.05) is 5.84 Å². The Labute approximate surface area is 77.0 Å². The molecule has 0 aliphatic rings. The molecule has 0 aliphatic carbocycles. The third-order valence-electron chi connectivity index (χ3n) is 1.56. The molecule has 13 heavy (non-hydrogen) atoms. The molecule has 7 heteroatoms. The Kier molecular flexibility index (Phi) is 1.59. The molecular formula is C6H5N5OS. The zero-order valence-electron chi connectivity index (χ0n) is 6.39. The molecule has 0 spiro atoms. The summed E-state index contributed by atoms with van der Waals surface area (Å²) >= 11 is 4.78. The first-order valence-electron chi connectivity index (χ1n) is 3.41. The van der Waals surface area contributed by atoms with Gasteiger partial charge in [0.1, 0.15) is 0 Å². The molecule has 66 valence electrons. The topological polar surface area (TPSA) is 89.6 Å². The fourth-order valence-electron chi connectivity index (χ4n) is 0.954. The second-order valence-corrected chi connectivity index (χ2v) is 2.75. The van der Waals surface area contributed by atoms with Crippen molar-refractivity contribution in [1.29, 1.82) is 0 Å². The molecule has 3 N–H and O–H groups in total. The largest absolute Gasteiger partial charge is 0.334 e. The predicted molar refractivity (Wildman–Crippen MR) is 49.1 cm³/mol. The van der Waals surface area contributed by atoms with Crippen molar-refractivity contribution >= 4 is 23.4 Å². The van der Waals surface area contributed by atoms with Crippen LogP contribution in [0.25, 0.3) is 11.2 Å². The van der Waals surface area contributed by atoms with Crippen LogP contribution in [0.4, 0.5) is 0 Å². The van der Waals surface area contributed by atoms with Gasteiger partial charge in [-0.1, -0.05) is 0 Å². The smallest absolute Gasteiger partial charge is 0.300 e.